The molecule has 1 N–H and O–H groups in total. The third-order valence-electron chi connectivity index (χ3n) is 3.78. The van der Waals surface area contributed by atoms with Gasteiger partial charge in [0.05, 0.1) is 0 Å². The molecule has 2 nitrogen and oxygen atoms in total. The van der Waals surface area contributed by atoms with Crippen LogP contribution in [0.25, 0.3) is 0 Å². The van der Waals surface area contributed by atoms with E-state index in [9.17, 15) is 0 Å². The lowest BCUT2D eigenvalue weighted by Gasteiger charge is -2.45. The van der Waals surface area contributed by atoms with Gasteiger partial charge in [-0.05, 0) is 32.6 Å². The average Bonchev–Trinajstić information content (AvgIpc) is 3.00. The number of piperazine rings is 1. The van der Waals surface area contributed by atoms with Crippen molar-refractivity contribution in [2.24, 2.45) is 5.92 Å². The van der Waals surface area contributed by atoms with E-state index in [4.69, 9.17) is 0 Å². The van der Waals surface area contributed by atoms with Crippen LogP contribution in [0.2, 0.25) is 0 Å². The minimum atomic E-state index is 0.428. The Morgan fingerprint density at radius 2 is 2.29 bits per heavy atom. The molecule has 2 heteroatoms. The molecule has 14 heavy (non-hydrogen) atoms. The summed E-state index contributed by atoms with van der Waals surface area (Å²) >= 11 is 0. The molecule has 2 aliphatic rings. The Labute approximate surface area is 87.4 Å². The smallest absolute Gasteiger partial charge is 0.0337 e. The van der Waals surface area contributed by atoms with Crippen LogP contribution in [0.1, 0.15) is 26.7 Å². The number of rotatable bonds is 3. The molecule has 0 aromatic rings. The van der Waals surface area contributed by atoms with Crippen LogP contribution in [0.5, 0.6) is 0 Å². The third-order valence-corrected chi connectivity index (χ3v) is 3.78. The Bertz CT molecular complexity index is 220. The second-order valence-corrected chi connectivity index (χ2v) is 4.82. The van der Waals surface area contributed by atoms with Gasteiger partial charge in [-0.15, -0.1) is 0 Å². The number of allylic oxidation sites excluding steroid dienone is 1. The van der Waals surface area contributed by atoms with Gasteiger partial charge in [0, 0.05) is 31.7 Å². The zero-order valence-electron chi connectivity index (χ0n) is 9.42. The first-order valence-electron chi connectivity index (χ1n) is 5.84. The Morgan fingerprint density at radius 1 is 1.50 bits per heavy atom. The van der Waals surface area contributed by atoms with Crippen molar-refractivity contribution in [2.45, 2.75) is 32.2 Å². The standard InChI is InChI=1S/C12H22N2/c1-3-4-8-14-9-7-13-10-12(14,2)11-5-6-11/h3-4,11,13H,5-10H2,1-2H3/b4-3+. The zero-order valence-corrected chi connectivity index (χ0v) is 9.42. The molecule has 1 saturated heterocycles. The first-order chi connectivity index (χ1) is 6.77. The summed E-state index contributed by atoms with van der Waals surface area (Å²) in [6.45, 7) is 9.20. The highest BCUT2D eigenvalue weighted by atomic mass is 15.3. The largest absolute Gasteiger partial charge is 0.314 e. The van der Waals surface area contributed by atoms with Gasteiger partial charge in [-0.1, -0.05) is 12.2 Å². The topological polar surface area (TPSA) is 15.3 Å². The Morgan fingerprint density at radius 3 is 2.93 bits per heavy atom. The van der Waals surface area contributed by atoms with Gasteiger partial charge >= 0.3 is 0 Å². The molecule has 0 spiro atoms. The molecule has 0 bridgehead atoms. The maximum Gasteiger partial charge on any atom is 0.0337 e. The summed E-state index contributed by atoms with van der Waals surface area (Å²) in [6.07, 6.45) is 7.32. The molecule has 1 aliphatic heterocycles. The first kappa shape index (κ1) is 10.2. The molecule has 2 rings (SSSR count). The molecule has 2 fully saturated rings. The maximum absolute atomic E-state index is 3.54. The molecule has 1 saturated carbocycles. The molecule has 0 amide bonds. The van der Waals surface area contributed by atoms with Crippen molar-refractivity contribution in [1.82, 2.24) is 10.2 Å². The Hall–Kier alpha value is -0.340. The Kier molecular flexibility index (Phi) is 2.93. The van der Waals surface area contributed by atoms with Crippen molar-refractivity contribution in [3.05, 3.63) is 12.2 Å². The minimum absolute atomic E-state index is 0.428. The summed E-state index contributed by atoms with van der Waals surface area (Å²) in [6, 6.07) is 0. The number of hydrogen-bond acceptors (Lipinski definition) is 2. The van der Waals surface area contributed by atoms with Crippen molar-refractivity contribution in [3.8, 4) is 0 Å². The van der Waals surface area contributed by atoms with E-state index in [1.165, 1.54) is 25.9 Å². The highest BCUT2D eigenvalue weighted by Gasteiger charge is 2.46. The fourth-order valence-electron chi connectivity index (χ4n) is 2.56. The fourth-order valence-corrected chi connectivity index (χ4v) is 2.56. The monoisotopic (exact) mass is 194 g/mol. The van der Waals surface area contributed by atoms with Crippen LogP contribution in [0.3, 0.4) is 0 Å². The minimum Gasteiger partial charge on any atom is -0.314 e. The molecule has 0 aromatic heterocycles. The zero-order chi connectivity index (χ0) is 10.0. The van der Waals surface area contributed by atoms with E-state index in [1.54, 1.807) is 0 Å². The van der Waals surface area contributed by atoms with E-state index in [0.717, 1.165) is 19.0 Å². The summed E-state index contributed by atoms with van der Waals surface area (Å²) < 4.78 is 0. The molecule has 1 atom stereocenters. The molecular weight excluding hydrogens is 172 g/mol. The summed E-state index contributed by atoms with van der Waals surface area (Å²) in [5.74, 6) is 0.945. The fraction of sp³-hybridized carbons (Fsp3) is 0.833. The van der Waals surface area contributed by atoms with Gasteiger partial charge in [0.25, 0.3) is 0 Å². The molecule has 0 radical (unpaired) electrons. The Balaban J connectivity index is 2.02. The third kappa shape index (κ3) is 1.86. The summed E-state index contributed by atoms with van der Waals surface area (Å²) in [7, 11) is 0. The second-order valence-electron chi connectivity index (χ2n) is 4.82. The first-order valence-corrected chi connectivity index (χ1v) is 5.84. The van der Waals surface area contributed by atoms with Crippen LogP contribution in [-0.2, 0) is 0 Å². The second kappa shape index (κ2) is 4.03. The summed E-state index contributed by atoms with van der Waals surface area (Å²) in [4.78, 5) is 2.65. The maximum atomic E-state index is 3.54. The summed E-state index contributed by atoms with van der Waals surface area (Å²) in [5, 5.41) is 3.54. The average molecular weight is 194 g/mol. The van der Waals surface area contributed by atoms with Gasteiger partial charge in [-0.3, -0.25) is 4.90 Å². The highest BCUT2D eigenvalue weighted by molar-refractivity contribution is 5.04. The van der Waals surface area contributed by atoms with Crippen LogP contribution in [0.4, 0.5) is 0 Å². The van der Waals surface area contributed by atoms with Crippen molar-refractivity contribution >= 4 is 0 Å². The van der Waals surface area contributed by atoms with E-state index in [0.29, 0.717) is 5.54 Å². The predicted molar refractivity (Wildman–Crippen MR) is 60.4 cm³/mol. The van der Waals surface area contributed by atoms with Gasteiger partial charge in [0.1, 0.15) is 0 Å². The quantitative estimate of drug-likeness (QED) is 0.687. The molecule has 1 unspecified atom stereocenters. The van der Waals surface area contributed by atoms with Gasteiger partial charge < -0.3 is 5.32 Å². The van der Waals surface area contributed by atoms with Crippen molar-refractivity contribution in [1.29, 1.82) is 0 Å². The normalized spacial score (nSPS) is 35.3. The van der Waals surface area contributed by atoms with Gasteiger partial charge in [-0.2, -0.15) is 0 Å². The van der Waals surface area contributed by atoms with E-state index in [1.807, 2.05) is 0 Å². The van der Waals surface area contributed by atoms with Crippen LogP contribution in [0, 0.1) is 5.92 Å². The van der Waals surface area contributed by atoms with Crippen LogP contribution in [0.15, 0.2) is 12.2 Å². The number of nitrogens with zero attached hydrogens (tertiary/aromatic N) is 1. The van der Waals surface area contributed by atoms with Gasteiger partial charge in [0.2, 0.25) is 0 Å². The highest BCUT2D eigenvalue weighted by Crippen LogP contribution is 2.43. The molecule has 1 aliphatic carbocycles. The lowest BCUT2D eigenvalue weighted by atomic mass is 9.91. The SMILES string of the molecule is C/C=C/CN1CCNCC1(C)C1CC1. The molecule has 1 heterocycles. The van der Waals surface area contributed by atoms with E-state index >= 15 is 0 Å². The molecule has 80 valence electrons. The lowest BCUT2D eigenvalue weighted by molar-refractivity contribution is 0.0679. The number of nitrogens with one attached hydrogen (secondary N) is 1. The van der Waals surface area contributed by atoms with Crippen LogP contribution in [-0.4, -0.2) is 36.6 Å². The van der Waals surface area contributed by atoms with Crippen LogP contribution >= 0.6 is 0 Å². The number of hydrogen-bond donors (Lipinski definition) is 1. The van der Waals surface area contributed by atoms with Gasteiger partial charge in [-0.25, -0.2) is 0 Å². The van der Waals surface area contributed by atoms with E-state index in [-0.39, 0.29) is 0 Å². The molecule has 0 aromatic carbocycles. The van der Waals surface area contributed by atoms with E-state index in [2.05, 4.69) is 36.2 Å². The lowest BCUT2D eigenvalue weighted by Crippen LogP contribution is -2.60. The van der Waals surface area contributed by atoms with Gasteiger partial charge in [0.15, 0.2) is 0 Å². The van der Waals surface area contributed by atoms with Crippen LogP contribution < -0.4 is 5.32 Å². The predicted octanol–water partition coefficient (Wildman–Crippen LogP) is 1.64. The van der Waals surface area contributed by atoms with Crippen molar-refractivity contribution in [2.75, 3.05) is 26.2 Å². The summed E-state index contributed by atoms with van der Waals surface area (Å²) in [5.41, 5.74) is 0.428. The molecular formula is C12H22N2. The van der Waals surface area contributed by atoms with E-state index < -0.39 is 0 Å². The van der Waals surface area contributed by atoms with Crippen molar-refractivity contribution < 1.29 is 0 Å². The van der Waals surface area contributed by atoms with Crippen molar-refractivity contribution in [3.63, 3.8) is 0 Å².